The molecule has 0 unspecified atom stereocenters. The number of hydrogen-bond acceptors (Lipinski definition) is 4. The van der Waals surface area contributed by atoms with Gasteiger partial charge < -0.3 is 10.2 Å². The highest BCUT2D eigenvalue weighted by Gasteiger charge is 2.22. The fraction of sp³-hybridized carbons (Fsp3) is 0.300. The summed E-state index contributed by atoms with van der Waals surface area (Å²) in [4.78, 5) is 29.3. The van der Waals surface area contributed by atoms with Crippen LogP contribution in [0.2, 0.25) is 5.02 Å². The first-order chi connectivity index (χ1) is 12.6. The number of benzene rings is 2. The minimum atomic E-state index is -0.148. The highest BCUT2D eigenvalue weighted by Crippen LogP contribution is 2.26. The van der Waals surface area contributed by atoms with Crippen molar-refractivity contribution in [1.29, 1.82) is 0 Å². The molecule has 6 heteroatoms. The number of nitrogens with zero attached hydrogens (tertiary/aromatic N) is 2. The molecule has 1 amide bonds. The van der Waals surface area contributed by atoms with E-state index in [0.717, 1.165) is 26.2 Å². The second-order valence-electron chi connectivity index (χ2n) is 6.34. The molecule has 2 aromatic carbocycles. The third kappa shape index (κ3) is 4.30. The van der Waals surface area contributed by atoms with Crippen molar-refractivity contribution >= 4 is 29.0 Å². The third-order valence-electron chi connectivity index (χ3n) is 4.54. The number of halogens is 1. The largest absolute Gasteiger partial charge is 0.314 e. The zero-order valence-electron chi connectivity index (χ0n) is 14.7. The summed E-state index contributed by atoms with van der Waals surface area (Å²) in [5, 5.41) is 3.74. The predicted octanol–water partition coefficient (Wildman–Crippen LogP) is 2.44. The van der Waals surface area contributed by atoms with Gasteiger partial charge in [-0.25, -0.2) is 0 Å². The molecular weight excluding hydrogens is 350 g/mol. The monoisotopic (exact) mass is 371 g/mol. The number of ketones is 1. The highest BCUT2D eigenvalue weighted by molar-refractivity contribution is 6.31. The average molecular weight is 372 g/mol. The Morgan fingerprint density at radius 2 is 1.81 bits per heavy atom. The van der Waals surface area contributed by atoms with Gasteiger partial charge in [-0.1, -0.05) is 41.9 Å². The fourth-order valence-electron chi connectivity index (χ4n) is 3.03. The van der Waals surface area contributed by atoms with Gasteiger partial charge in [-0.15, -0.1) is 0 Å². The van der Waals surface area contributed by atoms with Gasteiger partial charge in [-0.3, -0.25) is 14.5 Å². The molecule has 0 aliphatic carbocycles. The molecule has 0 bridgehead atoms. The molecule has 5 nitrogen and oxygen atoms in total. The van der Waals surface area contributed by atoms with E-state index in [2.05, 4.69) is 10.2 Å². The quantitative estimate of drug-likeness (QED) is 0.820. The van der Waals surface area contributed by atoms with E-state index >= 15 is 0 Å². The molecule has 1 fully saturated rings. The number of likely N-dealkylation sites (N-methyl/N-ethyl adjacent to an activating group) is 1. The zero-order chi connectivity index (χ0) is 18.5. The van der Waals surface area contributed by atoms with Gasteiger partial charge in [0.2, 0.25) is 5.91 Å². The van der Waals surface area contributed by atoms with Gasteiger partial charge in [0.15, 0.2) is 5.78 Å². The Hall–Kier alpha value is -2.21. The van der Waals surface area contributed by atoms with Crippen molar-refractivity contribution in [3.8, 4) is 0 Å². The molecule has 136 valence electrons. The van der Waals surface area contributed by atoms with Crippen molar-refractivity contribution in [2.45, 2.75) is 0 Å². The lowest BCUT2D eigenvalue weighted by atomic mass is 10.0. The van der Waals surface area contributed by atoms with E-state index in [0.29, 0.717) is 28.4 Å². The molecule has 1 heterocycles. The number of carbonyl (C=O) groups is 2. The van der Waals surface area contributed by atoms with Crippen LogP contribution in [0.4, 0.5) is 5.69 Å². The molecule has 0 aromatic heterocycles. The van der Waals surface area contributed by atoms with Crippen LogP contribution in [-0.2, 0) is 4.79 Å². The number of rotatable bonds is 5. The number of amides is 1. The van der Waals surface area contributed by atoms with E-state index < -0.39 is 0 Å². The summed E-state index contributed by atoms with van der Waals surface area (Å²) >= 11 is 6.12. The van der Waals surface area contributed by atoms with Crippen molar-refractivity contribution in [1.82, 2.24) is 10.2 Å². The number of piperazine rings is 1. The van der Waals surface area contributed by atoms with Gasteiger partial charge >= 0.3 is 0 Å². The van der Waals surface area contributed by atoms with Crippen LogP contribution in [0, 0.1) is 0 Å². The molecule has 26 heavy (non-hydrogen) atoms. The lowest BCUT2D eigenvalue weighted by molar-refractivity contribution is -0.119. The molecule has 0 radical (unpaired) electrons. The first-order valence-electron chi connectivity index (χ1n) is 8.65. The summed E-state index contributed by atoms with van der Waals surface area (Å²) in [5.41, 5.74) is 1.57. The number of anilines is 1. The number of carbonyl (C=O) groups excluding carboxylic acids is 2. The Balaban J connectivity index is 1.84. The maximum atomic E-state index is 12.9. The van der Waals surface area contributed by atoms with Gasteiger partial charge in [0.05, 0.1) is 12.2 Å². The lowest BCUT2D eigenvalue weighted by Crippen LogP contribution is -2.48. The first-order valence-corrected chi connectivity index (χ1v) is 9.03. The van der Waals surface area contributed by atoms with E-state index in [9.17, 15) is 9.59 Å². The zero-order valence-corrected chi connectivity index (χ0v) is 15.5. The topological polar surface area (TPSA) is 52.7 Å². The third-order valence-corrected chi connectivity index (χ3v) is 4.78. The molecule has 1 saturated heterocycles. The molecule has 0 saturated carbocycles. The van der Waals surface area contributed by atoms with Crippen LogP contribution in [-0.4, -0.2) is 56.4 Å². The maximum absolute atomic E-state index is 12.9. The van der Waals surface area contributed by atoms with Crippen LogP contribution in [0.3, 0.4) is 0 Å². The van der Waals surface area contributed by atoms with E-state index in [1.54, 1.807) is 42.3 Å². The lowest BCUT2D eigenvalue weighted by Gasteiger charge is -2.29. The smallest absolute Gasteiger partial charge is 0.240 e. The van der Waals surface area contributed by atoms with Crippen molar-refractivity contribution in [2.75, 3.05) is 44.7 Å². The second kappa shape index (κ2) is 8.45. The van der Waals surface area contributed by atoms with E-state index in [-0.39, 0.29) is 11.7 Å². The maximum Gasteiger partial charge on any atom is 0.240 e. The molecular formula is C20H22ClN3O2. The van der Waals surface area contributed by atoms with Crippen LogP contribution in [0.15, 0.2) is 48.5 Å². The number of nitrogens with one attached hydrogen (secondary N) is 1. The SMILES string of the molecule is CN(C(=O)CN1CCNCC1)c1ccc(Cl)cc1C(=O)c1ccccc1. The van der Waals surface area contributed by atoms with Gasteiger partial charge in [0.1, 0.15) is 0 Å². The predicted molar refractivity (Wildman–Crippen MR) is 104 cm³/mol. The molecule has 0 atom stereocenters. The molecule has 1 N–H and O–H groups in total. The molecule has 1 aliphatic heterocycles. The van der Waals surface area contributed by atoms with E-state index in [4.69, 9.17) is 11.6 Å². The van der Waals surface area contributed by atoms with Crippen molar-refractivity contribution < 1.29 is 9.59 Å². The van der Waals surface area contributed by atoms with E-state index in [1.807, 2.05) is 18.2 Å². The van der Waals surface area contributed by atoms with Crippen LogP contribution < -0.4 is 10.2 Å². The molecule has 0 spiro atoms. The Labute approximate surface area is 158 Å². The van der Waals surface area contributed by atoms with Crippen LogP contribution in [0.5, 0.6) is 0 Å². The van der Waals surface area contributed by atoms with Crippen molar-refractivity contribution in [3.63, 3.8) is 0 Å². The first kappa shape index (κ1) is 18.6. The molecule has 1 aliphatic rings. The second-order valence-corrected chi connectivity index (χ2v) is 6.77. The fourth-order valence-corrected chi connectivity index (χ4v) is 3.20. The minimum absolute atomic E-state index is 0.0451. The summed E-state index contributed by atoms with van der Waals surface area (Å²) in [6.07, 6.45) is 0. The summed E-state index contributed by atoms with van der Waals surface area (Å²) in [7, 11) is 1.70. The van der Waals surface area contributed by atoms with Gasteiger partial charge in [0.25, 0.3) is 0 Å². The van der Waals surface area contributed by atoms with Crippen LogP contribution in [0.25, 0.3) is 0 Å². The Morgan fingerprint density at radius 1 is 1.12 bits per heavy atom. The van der Waals surface area contributed by atoms with Crippen molar-refractivity contribution in [3.05, 3.63) is 64.7 Å². The van der Waals surface area contributed by atoms with Crippen molar-refractivity contribution in [2.24, 2.45) is 0 Å². The van der Waals surface area contributed by atoms with Gasteiger partial charge in [-0.05, 0) is 18.2 Å². The Bertz CT molecular complexity index is 789. The summed E-state index contributed by atoms with van der Waals surface area (Å²) < 4.78 is 0. The van der Waals surface area contributed by atoms with Gasteiger partial charge in [0, 0.05) is 49.4 Å². The summed E-state index contributed by atoms with van der Waals surface area (Å²) in [6, 6.07) is 14.1. The molecule has 3 rings (SSSR count). The normalized spacial score (nSPS) is 14.8. The molecule has 2 aromatic rings. The summed E-state index contributed by atoms with van der Waals surface area (Å²) in [5.74, 6) is -0.193. The Kier molecular flexibility index (Phi) is 6.04. The minimum Gasteiger partial charge on any atom is -0.314 e. The number of hydrogen-bond donors (Lipinski definition) is 1. The van der Waals surface area contributed by atoms with E-state index in [1.165, 1.54) is 0 Å². The highest BCUT2D eigenvalue weighted by atomic mass is 35.5. The standard InChI is InChI=1S/C20H22ClN3O2/c1-23(19(25)14-24-11-9-22-10-12-24)18-8-7-16(21)13-17(18)20(26)15-5-3-2-4-6-15/h2-8,13,22H,9-12,14H2,1H3. The van der Waals surface area contributed by atoms with Crippen LogP contribution in [0.1, 0.15) is 15.9 Å². The van der Waals surface area contributed by atoms with Gasteiger partial charge in [-0.2, -0.15) is 0 Å². The van der Waals surface area contributed by atoms with Crippen LogP contribution >= 0.6 is 11.6 Å². The summed E-state index contributed by atoms with van der Waals surface area (Å²) in [6.45, 7) is 3.79. The Morgan fingerprint density at radius 3 is 2.50 bits per heavy atom. The average Bonchev–Trinajstić information content (AvgIpc) is 2.68.